The minimum absolute atomic E-state index is 0.0674. The van der Waals surface area contributed by atoms with E-state index in [2.05, 4.69) is 29.6 Å². The molecule has 0 aliphatic carbocycles. The summed E-state index contributed by atoms with van der Waals surface area (Å²) in [5, 5.41) is 4.56. The Morgan fingerprint density at radius 3 is 2.32 bits per heavy atom. The van der Waals surface area contributed by atoms with Crippen LogP contribution in [-0.2, 0) is 9.63 Å². The third kappa shape index (κ3) is 4.97. The molecule has 6 heteroatoms. The predicted molar refractivity (Wildman–Crippen MR) is 112 cm³/mol. The molecule has 0 saturated carbocycles. The zero-order valence-corrected chi connectivity index (χ0v) is 17.0. The van der Waals surface area contributed by atoms with E-state index in [0.29, 0.717) is 6.54 Å². The zero-order chi connectivity index (χ0) is 20.1. The molecular formula is C22H28N4O2. The predicted octanol–water partition coefficient (Wildman–Crippen LogP) is 2.76. The molecule has 0 fully saturated rings. The molecule has 1 amide bonds. The van der Waals surface area contributed by atoms with Gasteiger partial charge in [-0.25, -0.2) is 14.9 Å². The van der Waals surface area contributed by atoms with Crippen LogP contribution in [0.1, 0.15) is 18.9 Å². The number of aliphatic imine (C=N–C) groups is 1. The van der Waals surface area contributed by atoms with E-state index in [9.17, 15) is 4.79 Å². The molecule has 148 valence electrons. The topological polar surface area (TPSA) is 57.2 Å². The third-order valence-corrected chi connectivity index (χ3v) is 4.59. The van der Waals surface area contributed by atoms with Crippen LogP contribution in [0.4, 0.5) is 0 Å². The molecule has 0 aromatic heterocycles. The van der Waals surface area contributed by atoms with Gasteiger partial charge in [-0.1, -0.05) is 54.6 Å². The van der Waals surface area contributed by atoms with E-state index in [-0.39, 0.29) is 12.3 Å². The fraction of sp³-hybridized carbons (Fsp3) is 0.364. The molecule has 1 aliphatic heterocycles. The van der Waals surface area contributed by atoms with Crippen LogP contribution in [0.2, 0.25) is 0 Å². The van der Waals surface area contributed by atoms with Crippen LogP contribution in [0.25, 0.3) is 11.1 Å². The summed E-state index contributed by atoms with van der Waals surface area (Å²) >= 11 is 0. The molecule has 0 spiro atoms. The lowest BCUT2D eigenvalue weighted by molar-refractivity contribution is -0.166. The summed E-state index contributed by atoms with van der Waals surface area (Å²) in [6, 6.07) is 18.5. The highest BCUT2D eigenvalue weighted by Crippen LogP contribution is 2.28. The van der Waals surface area contributed by atoms with Crippen molar-refractivity contribution in [1.29, 1.82) is 0 Å². The van der Waals surface area contributed by atoms with Gasteiger partial charge >= 0.3 is 0 Å². The summed E-state index contributed by atoms with van der Waals surface area (Å²) < 4.78 is 0. The van der Waals surface area contributed by atoms with Crippen molar-refractivity contribution in [1.82, 2.24) is 15.3 Å². The fourth-order valence-electron chi connectivity index (χ4n) is 3.19. The number of hydrogen-bond donors (Lipinski definition) is 1. The number of nitrogens with zero attached hydrogens (tertiary/aromatic N) is 3. The van der Waals surface area contributed by atoms with Gasteiger partial charge in [0.2, 0.25) is 5.91 Å². The summed E-state index contributed by atoms with van der Waals surface area (Å²) in [7, 11) is 5.77. The van der Waals surface area contributed by atoms with Gasteiger partial charge in [0.25, 0.3) is 0 Å². The lowest BCUT2D eigenvalue weighted by atomic mass is 10.0. The quantitative estimate of drug-likeness (QED) is 0.803. The largest absolute Gasteiger partial charge is 0.355 e. The van der Waals surface area contributed by atoms with Crippen molar-refractivity contribution in [3.8, 4) is 11.1 Å². The summed E-state index contributed by atoms with van der Waals surface area (Å²) in [4.78, 5) is 24.9. The van der Waals surface area contributed by atoms with Crippen LogP contribution < -0.4 is 5.32 Å². The molecule has 1 unspecified atom stereocenters. The second-order valence-corrected chi connectivity index (χ2v) is 7.47. The normalized spacial score (nSPS) is 19.0. The Balaban J connectivity index is 1.69. The van der Waals surface area contributed by atoms with Gasteiger partial charge in [0.1, 0.15) is 0 Å². The van der Waals surface area contributed by atoms with Gasteiger partial charge in [0.15, 0.2) is 11.6 Å². The monoisotopic (exact) mass is 380 g/mol. The average molecular weight is 380 g/mol. The lowest BCUT2D eigenvalue weighted by Gasteiger charge is -2.21. The Morgan fingerprint density at radius 1 is 1.07 bits per heavy atom. The first kappa shape index (κ1) is 20.0. The van der Waals surface area contributed by atoms with E-state index >= 15 is 0 Å². The van der Waals surface area contributed by atoms with Crippen molar-refractivity contribution in [2.75, 3.05) is 34.2 Å². The number of hydrogen-bond acceptors (Lipinski definition) is 5. The van der Waals surface area contributed by atoms with E-state index in [0.717, 1.165) is 23.5 Å². The molecule has 0 radical (unpaired) electrons. The molecular weight excluding hydrogens is 352 g/mol. The van der Waals surface area contributed by atoms with Crippen molar-refractivity contribution >= 4 is 11.7 Å². The molecule has 6 nitrogen and oxygen atoms in total. The van der Waals surface area contributed by atoms with Crippen LogP contribution in [0.5, 0.6) is 0 Å². The first-order valence-electron chi connectivity index (χ1n) is 9.46. The molecule has 3 rings (SSSR count). The van der Waals surface area contributed by atoms with Crippen molar-refractivity contribution in [2.24, 2.45) is 4.99 Å². The molecule has 1 atom stereocenters. The molecule has 28 heavy (non-hydrogen) atoms. The van der Waals surface area contributed by atoms with Crippen molar-refractivity contribution in [3.63, 3.8) is 0 Å². The van der Waals surface area contributed by atoms with Gasteiger partial charge in [0, 0.05) is 25.7 Å². The Hall–Kier alpha value is -2.70. The molecule has 2 aromatic rings. The number of carbonyl (C=O) groups excluding carboxylic acids is 1. The first-order chi connectivity index (χ1) is 13.4. The molecule has 2 aromatic carbocycles. The fourth-order valence-corrected chi connectivity index (χ4v) is 3.19. The van der Waals surface area contributed by atoms with Gasteiger partial charge < -0.3 is 10.2 Å². The number of amidine groups is 1. The number of nitrogens with one attached hydrogen (secondary N) is 1. The highest BCUT2D eigenvalue weighted by Gasteiger charge is 2.37. The molecule has 1 N–H and O–H groups in total. The van der Waals surface area contributed by atoms with Crippen molar-refractivity contribution < 1.29 is 9.63 Å². The van der Waals surface area contributed by atoms with Crippen LogP contribution in [0, 0.1) is 0 Å². The summed E-state index contributed by atoms with van der Waals surface area (Å²) in [6.07, 6.45) is 0.177. The number of amides is 1. The number of likely N-dealkylation sites (N-methyl/N-ethyl adjacent to an activating group) is 1. The zero-order valence-electron chi connectivity index (χ0n) is 17.0. The Labute approximate surface area is 166 Å². The summed E-state index contributed by atoms with van der Waals surface area (Å²) in [6.45, 7) is 3.24. The highest BCUT2D eigenvalue weighted by atomic mass is 16.7. The van der Waals surface area contributed by atoms with Gasteiger partial charge in [0.05, 0.1) is 6.42 Å². The maximum Gasteiger partial charge on any atom is 0.225 e. The Morgan fingerprint density at radius 2 is 1.68 bits per heavy atom. The Kier molecular flexibility index (Phi) is 6.11. The van der Waals surface area contributed by atoms with E-state index in [4.69, 9.17) is 9.83 Å². The molecule has 0 saturated heterocycles. The number of hydroxylamine groups is 2. The van der Waals surface area contributed by atoms with Gasteiger partial charge in [-0.05, 0) is 32.1 Å². The second-order valence-electron chi connectivity index (χ2n) is 7.47. The number of carbonyl (C=O) groups is 1. The minimum atomic E-state index is -0.898. The first-order valence-corrected chi connectivity index (χ1v) is 9.46. The van der Waals surface area contributed by atoms with Crippen molar-refractivity contribution in [3.05, 3.63) is 60.2 Å². The standard InChI is InChI=1S/C22H28N4O2/c1-22(16-20(27)23-14-15-25(2)3)24-21(26(4)28-22)19-12-10-18(11-13-19)17-8-6-5-7-9-17/h5-13H,14-16H2,1-4H3,(H,23,27). The van der Waals surface area contributed by atoms with Gasteiger partial charge in [-0.2, -0.15) is 0 Å². The highest BCUT2D eigenvalue weighted by molar-refractivity contribution is 5.99. The van der Waals surface area contributed by atoms with Crippen molar-refractivity contribution in [2.45, 2.75) is 19.1 Å². The smallest absolute Gasteiger partial charge is 0.225 e. The minimum Gasteiger partial charge on any atom is -0.355 e. The maximum atomic E-state index is 12.2. The van der Waals surface area contributed by atoms with E-state index < -0.39 is 5.72 Å². The van der Waals surface area contributed by atoms with Gasteiger partial charge in [-0.3, -0.25) is 4.79 Å². The third-order valence-electron chi connectivity index (χ3n) is 4.59. The van der Waals surface area contributed by atoms with E-state index in [1.807, 2.05) is 63.3 Å². The number of benzene rings is 2. The molecule has 1 heterocycles. The SMILES string of the molecule is CN(C)CCNC(=O)CC1(C)N=C(c2ccc(-c3ccccc3)cc2)N(C)O1. The lowest BCUT2D eigenvalue weighted by Crippen LogP contribution is -2.37. The Bertz CT molecular complexity index is 833. The molecule has 1 aliphatic rings. The summed E-state index contributed by atoms with van der Waals surface area (Å²) in [5.74, 6) is 0.658. The average Bonchev–Trinajstić information content (AvgIpc) is 2.96. The van der Waals surface area contributed by atoms with E-state index in [1.54, 1.807) is 5.06 Å². The maximum absolute atomic E-state index is 12.2. The van der Waals surface area contributed by atoms with Gasteiger partial charge in [-0.15, -0.1) is 0 Å². The van der Waals surface area contributed by atoms with Crippen LogP contribution in [-0.4, -0.2) is 61.7 Å². The molecule has 0 bridgehead atoms. The van der Waals surface area contributed by atoms with E-state index in [1.165, 1.54) is 5.56 Å². The van der Waals surface area contributed by atoms with Crippen LogP contribution in [0.3, 0.4) is 0 Å². The number of rotatable bonds is 7. The second kappa shape index (κ2) is 8.54. The van der Waals surface area contributed by atoms with Crippen LogP contribution >= 0.6 is 0 Å². The summed E-state index contributed by atoms with van der Waals surface area (Å²) in [5.41, 5.74) is 2.38. The van der Waals surface area contributed by atoms with Crippen LogP contribution in [0.15, 0.2) is 59.6 Å².